The second-order valence-electron chi connectivity index (χ2n) is 6.40. The molecule has 0 saturated carbocycles. The maximum atomic E-state index is 12.7. The second-order valence-corrected chi connectivity index (χ2v) is 6.40. The zero-order valence-corrected chi connectivity index (χ0v) is 13.6. The summed E-state index contributed by atoms with van der Waals surface area (Å²) in [5.41, 5.74) is 4.87. The molecule has 0 fully saturated rings. The van der Waals surface area contributed by atoms with Gasteiger partial charge in [-0.1, -0.05) is 48.5 Å². The van der Waals surface area contributed by atoms with Crippen LogP contribution in [0, 0.1) is 0 Å². The third-order valence-electron chi connectivity index (χ3n) is 4.93. The van der Waals surface area contributed by atoms with Gasteiger partial charge in [-0.05, 0) is 41.6 Å². The number of rotatable bonds is 3. The van der Waals surface area contributed by atoms with Crippen LogP contribution in [0.1, 0.15) is 34.4 Å². The Kier molecular flexibility index (Phi) is 4.32. The van der Waals surface area contributed by atoms with Crippen LogP contribution < -0.4 is 10.6 Å². The van der Waals surface area contributed by atoms with Crippen LogP contribution in [-0.2, 0) is 22.4 Å². The second kappa shape index (κ2) is 6.75. The highest BCUT2D eigenvalue weighted by Crippen LogP contribution is 2.27. The van der Waals surface area contributed by atoms with Crippen molar-refractivity contribution in [1.29, 1.82) is 0 Å². The molecule has 2 heterocycles. The van der Waals surface area contributed by atoms with Gasteiger partial charge in [-0.3, -0.25) is 4.79 Å². The maximum absolute atomic E-state index is 12.7. The quantitative estimate of drug-likeness (QED) is 0.912. The monoisotopic (exact) mass is 322 g/mol. The van der Waals surface area contributed by atoms with E-state index in [2.05, 4.69) is 41.0 Å². The van der Waals surface area contributed by atoms with Crippen molar-refractivity contribution < 1.29 is 9.53 Å². The first-order valence-electron chi connectivity index (χ1n) is 8.61. The van der Waals surface area contributed by atoms with Crippen LogP contribution in [0.5, 0.6) is 0 Å². The van der Waals surface area contributed by atoms with E-state index in [1.54, 1.807) is 0 Å². The van der Waals surface area contributed by atoms with Gasteiger partial charge < -0.3 is 15.4 Å². The molecule has 2 atom stereocenters. The number of hydrogen-bond donors (Lipinski definition) is 2. The predicted molar refractivity (Wildman–Crippen MR) is 92.7 cm³/mol. The molecular weight excluding hydrogens is 300 g/mol. The molecule has 2 aromatic rings. The minimum atomic E-state index is -0.492. The van der Waals surface area contributed by atoms with Crippen LogP contribution in [0.4, 0.5) is 0 Å². The van der Waals surface area contributed by atoms with Gasteiger partial charge >= 0.3 is 0 Å². The molecule has 0 saturated heterocycles. The zero-order chi connectivity index (χ0) is 16.4. The van der Waals surface area contributed by atoms with Gasteiger partial charge in [0.2, 0.25) is 0 Å². The lowest BCUT2D eigenvalue weighted by Crippen LogP contribution is -2.41. The Bertz CT molecular complexity index is 744. The van der Waals surface area contributed by atoms with Crippen molar-refractivity contribution in [2.75, 3.05) is 19.7 Å². The van der Waals surface area contributed by atoms with Crippen molar-refractivity contribution in [2.45, 2.75) is 25.0 Å². The first-order valence-corrected chi connectivity index (χ1v) is 8.61. The lowest BCUT2D eigenvalue weighted by molar-refractivity contribution is -0.134. The van der Waals surface area contributed by atoms with E-state index in [0.717, 1.165) is 24.9 Å². The van der Waals surface area contributed by atoms with Crippen LogP contribution in [0.3, 0.4) is 0 Å². The Morgan fingerprint density at radius 3 is 2.58 bits per heavy atom. The molecule has 2 N–H and O–H groups in total. The highest BCUT2D eigenvalue weighted by atomic mass is 16.5. The molecule has 2 unspecified atom stereocenters. The van der Waals surface area contributed by atoms with Crippen molar-refractivity contribution in [2.24, 2.45) is 0 Å². The van der Waals surface area contributed by atoms with Gasteiger partial charge in [0.25, 0.3) is 5.91 Å². The molecule has 0 spiro atoms. The number of fused-ring (bicyclic) bond motifs is 2. The van der Waals surface area contributed by atoms with E-state index in [4.69, 9.17) is 4.74 Å². The lowest BCUT2D eigenvalue weighted by Gasteiger charge is -2.29. The van der Waals surface area contributed by atoms with E-state index in [0.29, 0.717) is 13.2 Å². The van der Waals surface area contributed by atoms with Gasteiger partial charge in [0, 0.05) is 12.6 Å². The Balaban J connectivity index is 1.45. The summed E-state index contributed by atoms with van der Waals surface area (Å²) in [4.78, 5) is 12.7. The lowest BCUT2D eigenvalue weighted by atomic mass is 9.94. The standard InChI is InChI=1S/C20H22N2O2/c23-20(19-17-8-4-2-6-15(17)10-12-24-19)22-13-18-16-7-3-1-5-14(16)9-11-21-18/h1-8,18-19,21H,9-13H2,(H,22,23). The van der Waals surface area contributed by atoms with Crippen LogP contribution in [0.25, 0.3) is 0 Å². The first-order chi connectivity index (χ1) is 11.8. The fourth-order valence-corrected chi connectivity index (χ4v) is 3.68. The Morgan fingerprint density at radius 1 is 1.04 bits per heavy atom. The highest BCUT2D eigenvalue weighted by Gasteiger charge is 2.28. The number of hydrogen-bond acceptors (Lipinski definition) is 3. The summed E-state index contributed by atoms with van der Waals surface area (Å²) in [5.74, 6) is -0.0491. The van der Waals surface area contributed by atoms with E-state index in [1.807, 2.05) is 18.2 Å². The van der Waals surface area contributed by atoms with Gasteiger partial charge in [-0.15, -0.1) is 0 Å². The van der Waals surface area contributed by atoms with Crippen molar-refractivity contribution in [1.82, 2.24) is 10.6 Å². The number of amides is 1. The average molecular weight is 322 g/mol. The van der Waals surface area contributed by atoms with Gasteiger partial charge in [-0.25, -0.2) is 0 Å². The summed E-state index contributed by atoms with van der Waals surface area (Å²) >= 11 is 0. The Morgan fingerprint density at radius 2 is 1.75 bits per heavy atom. The van der Waals surface area contributed by atoms with Crippen molar-refractivity contribution in [3.8, 4) is 0 Å². The van der Waals surface area contributed by atoms with Gasteiger partial charge in [0.05, 0.1) is 6.61 Å². The maximum Gasteiger partial charge on any atom is 0.253 e. The van der Waals surface area contributed by atoms with Crippen LogP contribution >= 0.6 is 0 Å². The number of nitrogens with one attached hydrogen (secondary N) is 2. The molecule has 24 heavy (non-hydrogen) atoms. The molecular formula is C20H22N2O2. The van der Waals surface area contributed by atoms with Gasteiger partial charge in [0.1, 0.15) is 0 Å². The SMILES string of the molecule is O=C(NCC1NCCc2ccccc21)C1OCCc2ccccc21. The number of carbonyl (C=O) groups is 1. The molecule has 0 aliphatic carbocycles. The molecule has 2 aliphatic heterocycles. The van der Waals surface area contributed by atoms with Crippen molar-refractivity contribution in [3.05, 3.63) is 70.8 Å². The van der Waals surface area contributed by atoms with Crippen LogP contribution in [0.15, 0.2) is 48.5 Å². The van der Waals surface area contributed by atoms with E-state index >= 15 is 0 Å². The fourth-order valence-electron chi connectivity index (χ4n) is 3.68. The molecule has 4 heteroatoms. The summed E-state index contributed by atoms with van der Waals surface area (Å²) in [5, 5.41) is 6.57. The minimum Gasteiger partial charge on any atom is -0.363 e. The van der Waals surface area contributed by atoms with Crippen LogP contribution in [-0.4, -0.2) is 25.6 Å². The molecule has 4 nitrogen and oxygen atoms in total. The van der Waals surface area contributed by atoms with E-state index < -0.39 is 6.10 Å². The summed E-state index contributed by atoms with van der Waals surface area (Å²) in [6.07, 6.45) is 1.42. The molecule has 2 aromatic carbocycles. The fraction of sp³-hybridized carbons (Fsp3) is 0.350. The average Bonchev–Trinajstić information content (AvgIpc) is 2.65. The first kappa shape index (κ1) is 15.4. The Labute approximate surface area is 142 Å². The number of carbonyl (C=O) groups excluding carboxylic acids is 1. The van der Waals surface area contributed by atoms with Crippen LogP contribution in [0.2, 0.25) is 0 Å². The summed E-state index contributed by atoms with van der Waals surface area (Å²) in [6.45, 7) is 2.12. The van der Waals surface area contributed by atoms with Gasteiger partial charge in [0.15, 0.2) is 6.10 Å². The third kappa shape index (κ3) is 2.95. The predicted octanol–water partition coefficient (Wildman–Crippen LogP) is 2.30. The van der Waals surface area contributed by atoms with Crippen molar-refractivity contribution >= 4 is 5.91 Å². The van der Waals surface area contributed by atoms with Crippen molar-refractivity contribution in [3.63, 3.8) is 0 Å². The summed E-state index contributed by atoms with van der Waals surface area (Å²) < 4.78 is 5.74. The largest absolute Gasteiger partial charge is 0.363 e. The van der Waals surface area contributed by atoms with Gasteiger partial charge in [-0.2, -0.15) is 0 Å². The molecule has 0 radical (unpaired) electrons. The molecule has 0 bridgehead atoms. The van der Waals surface area contributed by atoms with E-state index in [1.165, 1.54) is 16.7 Å². The molecule has 4 rings (SSSR count). The topological polar surface area (TPSA) is 50.4 Å². The third-order valence-corrected chi connectivity index (χ3v) is 4.93. The molecule has 124 valence electrons. The normalized spacial score (nSPS) is 22.3. The summed E-state index contributed by atoms with van der Waals surface area (Å²) in [7, 11) is 0. The summed E-state index contributed by atoms with van der Waals surface area (Å²) in [6, 6.07) is 16.7. The molecule has 0 aromatic heterocycles. The number of ether oxygens (including phenoxy) is 1. The smallest absolute Gasteiger partial charge is 0.253 e. The minimum absolute atomic E-state index is 0.0491. The molecule has 1 amide bonds. The highest BCUT2D eigenvalue weighted by molar-refractivity contribution is 5.83. The van der Waals surface area contributed by atoms with E-state index in [-0.39, 0.29) is 11.9 Å². The molecule has 2 aliphatic rings. The Hall–Kier alpha value is -2.17. The number of benzene rings is 2. The van der Waals surface area contributed by atoms with E-state index in [9.17, 15) is 4.79 Å². The zero-order valence-electron chi connectivity index (χ0n) is 13.6.